The van der Waals surface area contributed by atoms with Gasteiger partial charge in [-0.2, -0.15) is 0 Å². The zero-order valence-corrected chi connectivity index (χ0v) is 27.2. The van der Waals surface area contributed by atoms with Crippen molar-refractivity contribution in [2.75, 3.05) is 0 Å². The molecule has 0 aliphatic heterocycles. The lowest BCUT2D eigenvalue weighted by molar-refractivity contribution is 1.18. The molecular weight excluding hydrogens is 605 g/mol. The second kappa shape index (κ2) is 11.4. The highest BCUT2D eigenvalue weighted by atomic mass is 15.0. The molecule has 0 amide bonds. The molecule has 0 N–H and O–H groups in total. The van der Waals surface area contributed by atoms with Crippen LogP contribution in [-0.4, -0.2) is 9.13 Å². The molecular formula is C48H30N2. The minimum absolute atomic E-state index is 1.03. The van der Waals surface area contributed by atoms with Gasteiger partial charge in [-0.05, 0) is 106 Å². The number of aromatic nitrogens is 2. The Bertz CT molecular complexity index is 2840. The third-order valence-electron chi connectivity index (χ3n) is 9.98. The highest BCUT2D eigenvalue weighted by Gasteiger charge is 2.16. The van der Waals surface area contributed by atoms with Crippen LogP contribution in [0, 0.1) is 12.1 Å². The minimum atomic E-state index is 1.03. The quantitative estimate of drug-likeness (QED) is 0.178. The molecule has 8 aromatic carbocycles. The van der Waals surface area contributed by atoms with Crippen LogP contribution in [0.15, 0.2) is 182 Å². The van der Waals surface area contributed by atoms with Crippen molar-refractivity contribution in [3.8, 4) is 44.8 Å². The molecule has 0 radical (unpaired) electrons. The molecule has 50 heavy (non-hydrogen) atoms. The van der Waals surface area contributed by atoms with Crippen molar-refractivity contribution in [3.63, 3.8) is 0 Å². The molecule has 2 nitrogen and oxygen atoms in total. The standard InChI is InChI=1S/C48H30N2/c1-3-12-33(13-4-1)35-22-26-39(27-23-35)49-45-20-9-7-18-41(45)43-31-37(24-28-47(43)49)38-25-29-48-44(32-38)42-19-8-10-21-46(42)50(48)40-17-11-16-36(30-40)34-14-5-2-6-15-34/h1-9,11-20,22-32H. The van der Waals surface area contributed by atoms with E-state index in [2.05, 4.69) is 197 Å². The van der Waals surface area contributed by atoms with E-state index in [4.69, 9.17) is 0 Å². The van der Waals surface area contributed by atoms with Crippen molar-refractivity contribution in [1.82, 2.24) is 9.13 Å². The van der Waals surface area contributed by atoms with Crippen LogP contribution in [0.1, 0.15) is 0 Å². The fourth-order valence-corrected chi connectivity index (χ4v) is 7.61. The molecule has 0 atom stereocenters. The molecule has 0 saturated heterocycles. The number of rotatable bonds is 5. The van der Waals surface area contributed by atoms with Gasteiger partial charge in [0.25, 0.3) is 0 Å². The van der Waals surface area contributed by atoms with Gasteiger partial charge in [0.05, 0.1) is 16.6 Å². The van der Waals surface area contributed by atoms with Crippen molar-refractivity contribution in [3.05, 3.63) is 194 Å². The Labute approximate surface area is 290 Å². The minimum Gasteiger partial charge on any atom is -0.309 e. The van der Waals surface area contributed by atoms with Gasteiger partial charge in [-0.25, -0.2) is 0 Å². The molecule has 2 aromatic heterocycles. The first-order valence-corrected chi connectivity index (χ1v) is 17.0. The van der Waals surface area contributed by atoms with E-state index in [-0.39, 0.29) is 0 Å². The molecule has 10 rings (SSSR count). The Morgan fingerprint density at radius 2 is 0.860 bits per heavy atom. The van der Waals surface area contributed by atoms with Gasteiger partial charge in [0, 0.05) is 32.9 Å². The maximum absolute atomic E-state index is 3.44. The normalized spacial score (nSPS) is 11.4. The first kappa shape index (κ1) is 28.2. The van der Waals surface area contributed by atoms with Crippen molar-refractivity contribution >= 4 is 43.6 Å². The predicted octanol–water partition coefficient (Wildman–Crippen LogP) is 12.5. The van der Waals surface area contributed by atoms with Gasteiger partial charge < -0.3 is 9.13 Å². The second-order valence-corrected chi connectivity index (χ2v) is 12.8. The van der Waals surface area contributed by atoms with Crippen LogP contribution in [0.3, 0.4) is 0 Å². The Morgan fingerprint density at radius 1 is 0.320 bits per heavy atom. The Kier molecular flexibility index (Phi) is 6.44. The fraction of sp³-hybridized carbons (Fsp3) is 0. The van der Waals surface area contributed by atoms with Gasteiger partial charge in [-0.1, -0.05) is 121 Å². The summed E-state index contributed by atoms with van der Waals surface area (Å²) in [6.45, 7) is 0. The van der Waals surface area contributed by atoms with Crippen LogP contribution >= 0.6 is 0 Å². The number of hydrogen-bond acceptors (Lipinski definition) is 0. The number of benzene rings is 7. The number of hydrogen-bond donors (Lipinski definition) is 0. The lowest BCUT2D eigenvalue weighted by Gasteiger charge is -2.11. The van der Waals surface area contributed by atoms with Crippen LogP contribution < -0.4 is 0 Å². The first-order chi connectivity index (χ1) is 24.8. The van der Waals surface area contributed by atoms with E-state index in [1.54, 1.807) is 0 Å². The average Bonchev–Trinajstić information content (AvgIpc) is 3.71. The summed E-state index contributed by atoms with van der Waals surface area (Å²) in [5.74, 6) is 0. The highest BCUT2D eigenvalue weighted by Crippen LogP contribution is 2.38. The summed E-state index contributed by atoms with van der Waals surface area (Å²) in [5.41, 5.74) is 14.1. The lowest BCUT2D eigenvalue weighted by atomic mass is 10.0. The predicted molar refractivity (Wildman–Crippen MR) is 209 cm³/mol. The molecule has 232 valence electrons. The number of para-hydroxylation sites is 1. The van der Waals surface area contributed by atoms with Gasteiger partial charge >= 0.3 is 0 Å². The first-order valence-electron chi connectivity index (χ1n) is 17.0. The van der Waals surface area contributed by atoms with Crippen molar-refractivity contribution in [2.24, 2.45) is 0 Å². The van der Waals surface area contributed by atoms with E-state index in [0.29, 0.717) is 0 Å². The van der Waals surface area contributed by atoms with Gasteiger partial charge in [-0.15, -0.1) is 0 Å². The summed E-state index contributed by atoms with van der Waals surface area (Å²) >= 11 is 0. The van der Waals surface area contributed by atoms with E-state index < -0.39 is 0 Å². The van der Waals surface area contributed by atoms with Crippen LogP contribution in [0.5, 0.6) is 0 Å². The summed E-state index contributed by atoms with van der Waals surface area (Å²) < 4.78 is 4.70. The Hall–Kier alpha value is -6.82. The summed E-state index contributed by atoms with van der Waals surface area (Å²) in [6.07, 6.45) is 0. The van der Waals surface area contributed by atoms with Crippen LogP contribution in [-0.2, 0) is 0 Å². The lowest BCUT2D eigenvalue weighted by Crippen LogP contribution is -1.94. The smallest absolute Gasteiger partial charge is 0.105 e. The van der Waals surface area contributed by atoms with E-state index in [1.165, 1.54) is 66.0 Å². The summed E-state index contributed by atoms with van der Waals surface area (Å²) in [6, 6.07) is 72.0. The molecule has 0 saturated carbocycles. The largest absolute Gasteiger partial charge is 0.309 e. The van der Waals surface area contributed by atoms with Crippen molar-refractivity contribution in [1.29, 1.82) is 0 Å². The number of fused-ring (bicyclic) bond motifs is 6. The summed E-state index contributed by atoms with van der Waals surface area (Å²) in [4.78, 5) is 0. The van der Waals surface area contributed by atoms with E-state index in [9.17, 15) is 0 Å². The van der Waals surface area contributed by atoms with Crippen LogP contribution in [0.2, 0.25) is 0 Å². The van der Waals surface area contributed by atoms with Crippen molar-refractivity contribution < 1.29 is 0 Å². The van der Waals surface area contributed by atoms with Gasteiger partial charge in [0.1, 0.15) is 5.52 Å². The van der Waals surface area contributed by atoms with E-state index in [1.807, 2.05) is 6.07 Å². The zero-order valence-electron chi connectivity index (χ0n) is 27.2. The van der Waals surface area contributed by atoms with E-state index in [0.717, 1.165) is 22.4 Å². The Morgan fingerprint density at radius 3 is 1.60 bits per heavy atom. The summed E-state index contributed by atoms with van der Waals surface area (Å²) in [5, 5.41) is 4.86. The molecule has 2 heterocycles. The molecule has 0 aliphatic rings. The monoisotopic (exact) mass is 634 g/mol. The SMILES string of the molecule is c1ccc2c3cc(-c4ccc5c(c4)c4ccccc4n5-c4ccc(-c5ccccc5)cc4)ccc3n(-c3cccc(-c4ccccc4)c3)c2c#1. The van der Waals surface area contributed by atoms with Gasteiger partial charge in [-0.3, -0.25) is 0 Å². The maximum Gasteiger partial charge on any atom is 0.105 e. The average molecular weight is 635 g/mol. The molecule has 10 aromatic rings. The zero-order chi connectivity index (χ0) is 33.0. The molecule has 0 bridgehead atoms. The van der Waals surface area contributed by atoms with Gasteiger partial charge in [0.2, 0.25) is 0 Å². The maximum atomic E-state index is 3.44. The summed E-state index contributed by atoms with van der Waals surface area (Å²) in [7, 11) is 0. The number of nitrogens with zero attached hydrogens (tertiary/aromatic N) is 2. The van der Waals surface area contributed by atoms with Crippen LogP contribution in [0.25, 0.3) is 88.4 Å². The third-order valence-corrected chi connectivity index (χ3v) is 9.98. The molecule has 0 fully saturated rings. The molecule has 0 aliphatic carbocycles. The molecule has 0 spiro atoms. The third kappa shape index (κ3) is 4.53. The topological polar surface area (TPSA) is 9.86 Å². The highest BCUT2D eigenvalue weighted by molar-refractivity contribution is 6.12. The molecule has 2 heteroatoms. The van der Waals surface area contributed by atoms with Crippen LogP contribution in [0.4, 0.5) is 0 Å². The molecule has 0 unspecified atom stereocenters. The second-order valence-electron chi connectivity index (χ2n) is 12.8. The Balaban J connectivity index is 1.10. The van der Waals surface area contributed by atoms with E-state index >= 15 is 0 Å². The van der Waals surface area contributed by atoms with Crippen molar-refractivity contribution in [2.45, 2.75) is 0 Å². The fourth-order valence-electron chi connectivity index (χ4n) is 7.61. The van der Waals surface area contributed by atoms with Gasteiger partial charge in [0.15, 0.2) is 0 Å².